The van der Waals surface area contributed by atoms with Crippen LogP contribution in [0.3, 0.4) is 0 Å². The first kappa shape index (κ1) is 24.4. The predicted molar refractivity (Wildman–Crippen MR) is 103 cm³/mol. The zero-order chi connectivity index (χ0) is 23.2. The molecule has 1 aliphatic rings. The quantitative estimate of drug-likeness (QED) is 0.727. The van der Waals surface area contributed by atoms with Gasteiger partial charge in [-0.1, -0.05) is 5.21 Å². The summed E-state index contributed by atoms with van der Waals surface area (Å²) < 4.78 is 39.2. The summed E-state index contributed by atoms with van der Waals surface area (Å²) in [5.41, 5.74) is 1.87. The molecule has 0 aromatic carbocycles. The summed E-state index contributed by atoms with van der Waals surface area (Å²) >= 11 is 0. The van der Waals surface area contributed by atoms with Gasteiger partial charge in [0.25, 0.3) is 5.91 Å². The van der Waals surface area contributed by atoms with Gasteiger partial charge in [-0.15, -0.1) is 5.10 Å². The van der Waals surface area contributed by atoms with Gasteiger partial charge >= 0.3 is 12.1 Å². The summed E-state index contributed by atoms with van der Waals surface area (Å²) in [7, 11) is 1.90. The summed E-state index contributed by atoms with van der Waals surface area (Å²) in [6.07, 6.45) is -1.14. The van der Waals surface area contributed by atoms with Crippen molar-refractivity contribution >= 4 is 11.9 Å². The number of hydrogen-bond donors (Lipinski definition) is 2. The number of carboxylic acid groups (broad SMARTS) is 1. The Hall–Kier alpha value is -2.89. The smallest absolute Gasteiger partial charge is 0.475 e. The lowest BCUT2D eigenvalue weighted by molar-refractivity contribution is -0.192. The number of amides is 1. The molecule has 0 atom stereocenters. The zero-order valence-corrected chi connectivity index (χ0v) is 17.6. The number of aliphatic carboxylic acids is 1. The van der Waals surface area contributed by atoms with E-state index >= 15 is 0 Å². The van der Waals surface area contributed by atoms with Crippen molar-refractivity contribution in [1.82, 2.24) is 25.2 Å². The maximum Gasteiger partial charge on any atom is 0.490 e. The van der Waals surface area contributed by atoms with Gasteiger partial charge in [0, 0.05) is 37.9 Å². The first-order chi connectivity index (χ1) is 14.5. The normalized spacial score (nSPS) is 14.8. The van der Waals surface area contributed by atoms with Gasteiger partial charge in [-0.3, -0.25) is 9.48 Å². The highest BCUT2D eigenvalue weighted by atomic mass is 19.4. The number of carbonyl (C=O) groups is 2. The first-order valence-electron chi connectivity index (χ1n) is 9.71. The molecule has 31 heavy (non-hydrogen) atoms. The second kappa shape index (κ2) is 10.4. The van der Waals surface area contributed by atoms with E-state index in [1.54, 1.807) is 0 Å². The third-order valence-electron chi connectivity index (χ3n) is 4.77. The Bertz CT molecular complexity index is 885. The van der Waals surface area contributed by atoms with Crippen molar-refractivity contribution in [2.45, 2.75) is 46.0 Å². The Balaban J connectivity index is 0.000000423. The lowest BCUT2D eigenvalue weighted by Gasteiger charge is -2.31. The number of likely N-dealkylation sites (tertiary alicyclic amines) is 1. The monoisotopic (exact) mass is 445 g/mol. The minimum Gasteiger partial charge on any atom is -0.475 e. The third kappa shape index (κ3) is 7.09. The van der Waals surface area contributed by atoms with Crippen molar-refractivity contribution in [3.05, 3.63) is 35.0 Å². The van der Waals surface area contributed by atoms with Gasteiger partial charge in [0.05, 0.1) is 5.69 Å². The number of nitrogens with zero attached hydrogens (tertiary/aromatic N) is 4. The molecule has 1 amide bonds. The molecule has 9 nitrogen and oxygen atoms in total. The molecular formula is C19H26F3N5O4. The summed E-state index contributed by atoms with van der Waals surface area (Å²) in [5.74, 6) is -0.950. The fourth-order valence-electron chi connectivity index (χ4n) is 3.27. The van der Waals surface area contributed by atoms with Gasteiger partial charge in [-0.2, -0.15) is 13.2 Å². The number of furan rings is 1. The molecule has 0 radical (unpaired) electrons. The fourth-order valence-corrected chi connectivity index (χ4v) is 3.27. The number of nitrogens with one attached hydrogen (secondary N) is 1. The van der Waals surface area contributed by atoms with E-state index in [0.717, 1.165) is 56.0 Å². The molecule has 1 fully saturated rings. The molecule has 3 rings (SSSR count). The van der Waals surface area contributed by atoms with Gasteiger partial charge in [-0.05, 0) is 45.7 Å². The first-order valence-corrected chi connectivity index (χ1v) is 9.71. The maximum absolute atomic E-state index is 12.6. The molecule has 2 aromatic rings. The number of aryl methyl sites for hydroxylation is 2. The van der Waals surface area contributed by atoms with Crippen LogP contribution in [0.25, 0.3) is 0 Å². The Morgan fingerprint density at radius 2 is 1.90 bits per heavy atom. The summed E-state index contributed by atoms with van der Waals surface area (Å²) in [4.78, 5) is 23.4. The van der Waals surface area contributed by atoms with Crippen molar-refractivity contribution in [2.75, 3.05) is 20.1 Å². The number of alkyl halides is 3. The third-order valence-corrected chi connectivity index (χ3v) is 4.77. The van der Waals surface area contributed by atoms with Crippen LogP contribution >= 0.6 is 0 Å². The maximum atomic E-state index is 12.6. The summed E-state index contributed by atoms with van der Waals surface area (Å²) in [6, 6.07) is 1.91. The highest BCUT2D eigenvalue weighted by molar-refractivity contribution is 5.93. The van der Waals surface area contributed by atoms with Crippen LogP contribution in [0.1, 0.15) is 40.4 Å². The van der Waals surface area contributed by atoms with Crippen molar-refractivity contribution in [1.29, 1.82) is 0 Å². The van der Waals surface area contributed by atoms with E-state index < -0.39 is 12.1 Å². The van der Waals surface area contributed by atoms with E-state index in [4.69, 9.17) is 14.3 Å². The Kier molecular flexibility index (Phi) is 8.20. The van der Waals surface area contributed by atoms with Gasteiger partial charge in [0.15, 0.2) is 5.76 Å². The molecular weight excluding hydrogens is 419 g/mol. The molecule has 0 spiro atoms. The molecule has 172 valence electrons. The van der Waals surface area contributed by atoms with Gasteiger partial charge < -0.3 is 19.7 Å². The van der Waals surface area contributed by atoms with E-state index in [9.17, 15) is 18.0 Å². The number of aromatic nitrogens is 3. The second-order valence-electron chi connectivity index (χ2n) is 7.37. The molecule has 3 heterocycles. The topological polar surface area (TPSA) is 113 Å². The lowest BCUT2D eigenvalue weighted by atomic mass is 9.96. The highest BCUT2D eigenvalue weighted by Gasteiger charge is 2.38. The van der Waals surface area contributed by atoms with Crippen molar-refractivity contribution in [2.24, 2.45) is 5.92 Å². The summed E-state index contributed by atoms with van der Waals surface area (Å²) in [6.45, 7) is 6.91. The number of carboxylic acids is 1. The van der Waals surface area contributed by atoms with Crippen LogP contribution in [0.4, 0.5) is 13.2 Å². The molecule has 0 unspecified atom stereocenters. The Morgan fingerprint density at radius 3 is 2.39 bits per heavy atom. The van der Waals surface area contributed by atoms with E-state index in [1.807, 2.05) is 42.7 Å². The molecule has 0 bridgehead atoms. The number of carbonyl (C=O) groups excluding carboxylic acids is 1. The molecule has 0 aliphatic carbocycles. The van der Waals surface area contributed by atoms with Gasteiger partial charge in [0.1, 0.15) is 5.76 Å². The average Bonchev–Trinajstić information content (AvgIpc) is 3.27. The van der Waals surface area contributed by atoms with E-state index in [0.29, 0.717) is 11.7 Å². The molecule has 1 aliphatic heterocycles. The molecule has 2 aromatic heterocycles. The van der Waals surface area contributed by atoms with Crippen LogP contribution in [-0.2, 0) is 17.9 Å². The fraction of sp³-hybridized carbons (Fsp3) is 0.579. The molecule has 2 N–H and O–H groups in total. The van der Waals surface area contributed by atoms with Crippen LogP contribution in [0, 0.1) is 19.8 Å². The van der Waals surface area contributed by atoms with Crippen LogP contribution in [0.15, 0.2) is 16.7 Å². The van der Waals surface area contributed by atoms with E-state index in [-0.39, 0.29) is 5.91 Å². The second-order valence-corrected chi connectivity index (χ2v) is 7.37. The van der Waals surface area contributed by atoms with Crippen molar-refractivity contribution in [3.63, 3.8) is 0 Å². The molecule has 1 saturated heterocycles. The average molecular weight is 445 g/mol. The number of rotatable bonds is 5. The number of hydrogen-bond acceptors (Lipinski definition) is 6. The number of piperidine rings is 1. The lowest BCUT2D eigenvalue weighted by Crippen LogP contribution is -2.39. The number of halogens is 3. The van der Waals surface area contributed by atoms with Crippen LogP contribution < -0.4 is 5.32 Å². The standard InChI is InChI=1S/C17H25N5O2.C2HF3O2/c1-12-8-13(2)24-16(12)17(23)21-6-4-14(5-7-21)10-22-11-15(9-18-3)19-20-22;3-2(4,5)1(6)7/h8,11,14,18H,4-7,9-10H2,1-3H3;(H,6,7). The van der Waals surface area contributed by atoms with Crippen LogP contribution in [-0.4, -0.2) is 63.2 Å². The largest absolute Gasteiger partial charge is 0.490 e. The van der Waals surface area contributed by atoms with Crippen molar-refractivity contribution in [3.8, 4) is 0 Å². The van der Waals surface area contributed by atoms with Crippen LogP contribution in [0.5, 0.6) is 0 Å². The van der Waals surface area contributed by atoms with Gasteiger partial charge in [-0.25, -0.2) is 4.79 Å². The minimum atomic E-state index is -5.08. The van der Waals surface area contributed by atoms with Crippen LogP contribution in [0.2, 0.25) is 0 Å². The van der Waals surface area contributed by atoms with Crippen molar-refractivity contribution < 1.29 is 32.3 Å². The molecule has 0 saturated carbocycles. The SMILES string of the molecule is CNCc1cn(CC2CCN(C(=O)c3oc(C)cc3C)CC2)nn1.O=C(O)C(F)(F)F. The zero-order valence-electron chi connectivity index (χ0n) is 17.6. The predicted octanol–water partition coefficient (Wildman–Crippen LogP) is 2.39. The van der Waals surface area contributed by atoms with Gasteiger partial charge in [0.2, 0.25) is 0 Å². The highest BCUT2D eigenvalue weighted by Crippen LogP contribution is 2.23. The summed E-state index contributed by atoms with van der Waals surface area (Å²) in [5, 5.41) is 18.5. The van der Waals surface area contributed by atoms with E-state index in [2.05, 4.69) is 15.6 Å². The molecule has 12 heteroatoms. The Labute approximate surface area is 177 Å². The minimum absolute atomic E-state index is 0.0103. The van der Waals surface area contributed by atoms with E-state index in [1.165, 1.54) is 0 Å². The Morgan fingerprint density at radius 1 is 1.29 bits per heavy atom.